The number of nitrogens with one attached hydrogen (secondary N) is 1. The Morgan fingerprint density at radius 1 is 1.67 bits per heavy atom. The maximum absolute atomic E-state index is 4.62. The van der Waals surface area contributed by atoms with E-state index in [1.54, 1.807) is 0 Å². The predicted molar refractivity (Wildman–Crippen MR) is 62.0 cm³/mol. The van der Waals surface area contributed by atoms with Crippen LogP contribution in [0, 0.1) is 0 Å². The second kappa shape index (κ2) is 4.79. The van der Waals surface area contributed by atoms with Gasteiger partial charge in [0.25, 0.3) is 0 Å². The molecule has 0 aromatic carbocycles. The minimum absolute atomic E-state index is 0.523. The van der Waals surface area contributed by atoms with Crippen molar-refractivity contribution in [1.29, 1.82) is 0 Å². The summed E-state index contributed by atoms with van der Waals surface area (Å²) in [6.07, 6.45) is 6.96. The Morgan fingerprint density at radius 3 is 3.20 bits per heavy atom. The highest BCUT2D eigenvalue weighted by molar-refractivity contribution is 5.03. The molecule has 1 aromatic heterocycles. The Bertz CT molecular complexity index is 300. The Hall–Kier alpha value is -0.830. The lowest BCUT2D eigenvalue weighted by Gasteiger charge is -2.09. The Balaban J connectivity index is 1.94. The molecule has 1 saturated heterocycles. The van der Waals surface area contributed by atoms with Crippen LogP contribution in [0.3, 0.4) is 0 Å². The Kier molecular flexibility index (Phi) is 3.41. The molecule has 15 heavy (non-hydrogen) atoms. The molecule has 0 bridgehead atoms. The second-order valence-corrected chi connectivity index (χ2v) is 4.54. The van der Waals surface area contributed by atoms with Gasteiger partial charge in [0.1, 0.15) is 0 Å². The van der Waals surface area contributed by atoms with Gasteiger partial charge >= 0.3 is 0 Å². The fourth-order valence-electron chi connectivity index (χ4n) is 2.10. The first-order chi connectivity index (χ1) is 7.29. The summed E-state index contributed by atoms with van der Waals surface area (Å²) in [7, 11) is 0. The monoisotopic (exact) mass is 207 g/mol. The van der Waals surface area contributed by atoms with Crippen molar-refractivity contribution < 1.29 is 0 Å². The first-order valence-electron chi connectivity index (χ1n) is 6.07. The van der Waals surface area contributed by atoms with Gasteiger partial charge in [0.15, 0.2) is 0 Å². The molecule has 1 aliphatic rings. The van der Waals surface area contributed by atoms with E-state index in [0.29, 0.717) is 12.1 Å². The molecule has 3 nitrogen and oxygen atoms in total. The van der Waals surface area contributed by atoms with Gasteiger partial charge in [-0.1, -0.05) is 6.92 Å². The van der Waals surface area contributed by atoms with Gasteiger partial charge in [0.2, 0.25) is 0 Å². The molecule has 3 heteroatoms. The predicted octanol–water partition coefficient (Wildman–Crippen LogP) is 2.15. The highest BCUT2D eigenvalue weighted by atomic mass is 15.3. The molecule has 2 unspecified atom stereocenters. The zero-order chi connectivity index (χ0) is 10.7. The molecule has 0 amide bonds. The summed E-state index contributed by atoms with van der Waals surface area (Å²) in [6.45, 7) is 5.59. The summed E-state index contributed by atoms with van der Waals surface area (Å²) in [5.41, 5.74) is 1.23. The number of hydrogen-bond acceptors (Lipinski definition) is 2. The molecule has 0 radical (unpaired) electrons. The molecule has 1 N–H and O–H groups in total. The summed E-state index contributed by atoms with van der Waals surface area (Å²) in [6, 6.07) is 3.34. The van der Waals surface area contributed by atoms with Crippen molar-refractivity contribution in [3.63, 3.8) is 0 Å². The fraction of sp³-hybridized carbons (Fsp3) is 0.750. The average molecular weight is 207 g/mol. The molecule has 84 valence electrons. The third kappa shape index (κ3) is 2.59. The van der Waals surface area contributed by atoms with Gasteiger partial charge in [0.05, 0.1) is 5.69 Å². The number of hydrogen-bond donors (Lipinski definition) is 1. The molecular formula is C12H21N3. The molecule has 1 fully saturated rings. The van der Waals surface area contributed by atoms with E-state index in [0.717, 1.165) is 12.8 Å². The average Bonchev–Trinajstić information content (AvgIpc) is 2.88. The third-order valence-electron chi connectivity index (χ3n) is 3.32. The van der Waals surface area contributed by atoms with Crippen LogP contribution < -0.4 is 5.32 Å². The first kappa shape index (κ1) is 10.7. The molecule has 2 rings (SSSR count). The van der Waals surface area contributed by atoms with Crippen LogP contribution >= 0.6 is 0 Å². The minimum Gasteiger partial charge on any atom is -0.314 e. The molecule has 1 aliphatic heterocycles. The van der Waals surface area contributed by atoms with Crippen LogP contribution in [0.5, 0.6) is 0 Å². The van der Waals surface area contributed by atoms with E-state index in [2.05, 4.69) is 41.2 Å². The van der Waals surface area contributed by atoms with Gasteiger partial charge < -0.3 is 5.32 Å². The Labute approximate surface area is 91.9 Å². The number of nitrogens with zero attached hydrogens (tertiary/aromatic N) is 2. The summed E-state index contributed by atoms with van der Waals surface area (Å²) in [5, 5.41) is 8.13. The zero-order valence-corrected chi connectivity index (χ0v) is 9.74. The minimum atomic E-state index is 0.523. The van der Waals surface area contributed by atoms with E-state index in [1.807, 2.05) is 0 Å². The number of rotatable bonds is 4. The first-order valence-corrected chi connectivity index (χ1v) is 6.07. The van der Waals surface area contributed by atoms with E-state index in [9.17, 15) is 0 Å². The fourth-order valence-corrected chi connectivity index (χ4v) is 2.10. The SMILES string of the molecule is CCC(C)n1ccc(CC2CCCN2)n1. The second-order valence-electron chi connectivity index (χ2n) is 4.54. The summed E-state index contributed by atoms with van der Waals surface area (Å²) in [5.74, 6) is 0. The van der Waals surface area contributed by atoms with Crippen molar-refractivity contribution in [2.75, 3.05) is 6.54 Å². The summed E-state index contributed by atoms with van der Waals surface area (Å²) in [4.78, 5) is 0. The van der Waals surface area contributed by atoms with Crippen LogP contribution in [0.25, 0.3) is 0 Å². The van der Waals surface area contributed by atoms with E-state index in [1.165, 1.54) is 25.1 Å². The lowest BCUT2D eigenvalue weighted by Crippen LogP contribution is -2.23. The van der Waals surface area contributed by atoms with Gasteiger partial charge in [-0.15, -0.1) is 0 Å². The molecule has 1 aromatic rings. The molecule has 0 saturated carbocycles. The molecule has 0 spiro atoms. The van der Waals surface area contributed by atoms with Crippen molar-refractivity contribution >= 4 is 0 Å². The zero-order valence-electron chi connectivity index (χ0n) is 9.74. The van der Waals surface area contributed by atoms with E-state index in [4.69, 9.17) is 0 Å². The van der Waals surface area contributed by atoms with E-state index in [-0.39, 0.29) is 0 Å². The Morgan fingerprint density at radius 2 is 2.53 bits per heavy atom. The van der Waals surface area contributed by atoms with Gasteiger partial charge in [-0.05, 0) is 38.8 Å². The lowest BCUT2D eigenvalue weighted by atomic mass is 10.1. The van der Waals surface area contributed by atoms with Crippen molar-refractivity contribution in [3.05, 3.63) is 18.0 Å². The topological polar surface area (TPSA) is 29.9 Å². The van der Waals surface area contributed by atoms with Gasteiger partial charge in [-0.2, -0.15) is 5.10 Å². The normalized spacial score (nSPS) is 23.2. The van der Waals surface area contributed by atoms with Gasteiger partial charge in [-0.3, -0.25) is 4.68 Å². The quantitative estimate of drug-likeness (QED) is 0.820. The van der Waals surface area contributed by atoms with Crippen LogP contribution in [-0.4, -0.2) is 22.4 Å². The summed E-state index contributed by atoms with van der Waals surface area (Å²) < 4.78 is 2.09. The smallest absolute Gasteiger partial charge is 0.0640 e. The van der Waals surface area contributed by atoms with Crippen LogP contribution in [0.4, 0.5) is 0 Å². The summed E-state index contributed by atoms with van der Waals surface area (Å²) >= 11 is 0. The van der Waals surface area contributed by atoms with Crippen molar-refractivity contribution in [3.8, 4) is 0 Å². The molecule has 2 heterocycles. The highest BCUT2D eigenvalue weighted by Gasteiger charge is 2.15. The van der Waals surface area contributed by atoms with Gasteiger partial charge in [0, 0.05) is 24.7 Å². The van der Waals surface area contributed by atoms with Crippen LogP contribution in [0.1, 0.15) is 44.8 Å². The van der Waals surface area contributed by atoms with E-state index < -0.39 is 0 Å². The largest absolute Gasteiger partial charge is 0.314 e. The molecule has 2 atom stereocenters. The maximum atomic E-state index is 4.62. The van der Waals surface area contributed by atoms with Crippen LogP contribution in [0.2, 0.25) is 0 Å². The standard InChI is InChI=1S/C12H21N3/c1-3-10(2)15-8-6-12(14-15)9-11-5-4-7-13-11/h6,8,10-11,13H,3-5,7,9H2,1-2H3. The van der Waals surface area contributed by atoms with Crippen molar-refractivity contribution in [2.45, 2.75) is 51.6 Å². The molecular weight excluding hydrogens is 186 g/mol. The van der Waals surface area contributed by atoms with Gasteiger partial charge in [-0.25, -0.2) is 0 Å². The van der Waals surface area contributed by atoms with Crippen LogP contribution in [0.15, 0.2) is 12.3 Å². The van der Waals surface area contributed by atoms with Crippen molar-refractivity contribution in [1.82, 2.24) is 15.1 Å². The third-order valence-corrected chi connectivity index (χ3v) is 3.32. The lowest BCUT2D eigenvalue weighted by molar-refractivity contribution is 0.469. The highest BCUT2D eigenvalue weighted by Crippen LogP contribution is 2.13. The number of aromatic nitrogens is 2. The van der Waals surface area contributed by atoms with Crippen molar-refractivity contribution in [2.24, 2.45) is 0 Å². The molecule has 0 aliphatic carbocycles. The maximum Gasteiger partial charge on any atom is 0.0640 e. The van der Waals surface area contributed by atoms with E-state index >= 15 is 0 Å². The van der Waals surface area contributed by atoms with Crippen LogP contribution in [-0.2, 0) is 6.42 Å².